The third-order valence-electron chi connectivity index (χ3n) is 8.85. The van der Waals surface area contributed by atoms with Gasteiger partial charge in [-0.2, -0.15) is 0 Å². The molecule has 65 heavy (non-hydrogen) atoms. The van der Waals surface area contributed by atoms with Crippen molar-refractivity contribution in [2.75, 3.05) is 26.4 Å². The molecule has 6 N–H and O–H groups in total. The van der Waals surface area contributed by atoms with Crippen molar-refractivity contribution in [3.8, 4) is 0 Å². The number of aliphatic hydroxyl groups is 3. The Morgan fingerprint density at radius 2 is 0.985 bits per heavy atom. The number of hydrogen-bond acceptors (Lipinski definition) is 12. The molecule has 0 bridgehead atoms. The number of hydrogen-bond donors (Lipinski definition) is 6. The maximum Gasteiger partial charge on any atom is 0.472 e. The van der Waals surface area contributed by atoms with Crippen molar-refractivity contribution < 1.29 is 71.8 Å². The maximum absolute atomic E-state index is 12.7. The number of allylic oxidation sites excluding steroid dienone is 16. The lowest BCUT2D eigenvalue weighted by molar-refractivity contribution is -0.161. The zero-order valence-corrected chi connectivity index (χ0v) is 40.3. The largest absolute Gasteiger partial charge is 0.472 e. The van der Waals surface area contributed by atoms with E-state index in [1.165, 1.54) is 19.3 Å². The number of carbonyl (C=O) groups excluding carboxylic acids is 2. The van der Waals surface area contributed by atoms with E-state index in [4.69, 9.17) is 23.8 Å². The van der Waals surface area contributed by atoms with Gasteiger partial charge in [-0.25, -0.2) is 9.13 Å². The van der Waals surface area contributed by atoms with Gasteiger partial charge in [0.25, 0.3) is 0 Å². The highest BCUT2D eigenvalue weighted by Crippen LogP contribution is 2.43. The van der Waals surface area contributed by atoms with Crippen molar-refractivity contribution in [1.82, 2.24) is 0 Å². The Hall–Kier alpha value is -3.30. The zero-order valence-electron chi connectivity index (χ0n) is 38.5. The van der Waals surface area contributed by atoms with E-state index >= 15 is 0 Å². The minimum Gasteiger partial charge on any atom is -0.462 e. The second-order valence-electron chi connectivity index (χ2n) is 15.0. The van der Waals surface area contributed by atoms with Crippen LogP contribution in [0.4, 0.5) is 0 Å². The summed E-state index contributed by atoms with van der Waals surface area (Å²) in [5.41, 5.74) is 0. The van der Waals surface area contributed by atoms with Gasteiger partial charge in [-0.05, 0) is 70.6 Å². The molecule has 0 radical (unpaired) electrons. The van der Waals surface area contributed by atoms with Gasteiger partial charge >= 0.3 is 27.6 Å². The molecule has 0 saturated carbocycles. The first-order chi connectivity index (χ1) is 31.2. The lowest BCUT2D eigenvalue weighted by Crippen LogP contribution is -2.30. The third-order valence-corrected chi connectivity index (χ3v) is 10.3. The maximum atomic E-state index is 12.7. The molecule has 0 spiro atoms. The fourth-order valence-corrected chi connectivity index (χ4v) is 6.46. The molecule has 0 aliphatic carbocycles. The summed E-state index contributed by atoms with van der Waals surface area (Å²) < 4.78 is 47.5. The minimum atomic E-state index is -4.90. The molecule has 1 unspecified atom stereocenters. The Kier molecular flexibility index (Phi) is 39.9. The molecule has 370 valence electrons. The van der Waals surface area contributed by atoms with Crippen molar-refractivity contribution in [3.63, 3.8) is 0 Å². The Morgan fingerprint density at radius 3 is 1.54 bits per heavy atom. The normalized spacial score (nSPS) is 15.9. The molecule has 0 aliphatic rings. The average molecular weight is 957 g/mol. The molecule has 0 aliphatic heterocycles. The highest BCUT2D eigenvalue weighted by molar-refractivity contribution is 7.47. The van der Waals surface area contributed by atoms with E-state index in [-0.39, 0.29) is 25.7 Å². The van der Waals surface area contributed by atoms with Gasteiger partial charge in [0.05, 0.1) is 32.0 Å². The van der Waals surface area contributed by atoms with Crippen LogP contribution < -0.4 is 0 Å². The van der Waals surface area contributed by atoms with E-state index in [0.717, 1.165) is 51.4 Å². The van der Waals surface area contributed by atoms with Gasteiger partial charge in [-0.15, -0.1) is 0 Å². The Balaban J connectivity index is 4.86. The molecule has 0 rings (SSSR count). The number of unbranched alkanes of at least 4 members (excludes halogenated alkanes) is 5. The van der Waals surface area contributed by atoms with Crippen molar-refractivity contribution in [3.05, 3.63) is 109 Å². The van der Waals surface area contributed by atoms with Crippen LogP contribution in [0.5, 0.6) is 0 Å². The third kappa shape index (κ3) is 45.6. The summed E-state index contributed by atoms with van der Waals surface area (Å²) in [4.78, 5) is 52.7. The summed E-state index contributed by atoms with van der Waals surface area (Å²) in [6.07, 6.45) is 44.5. The second kappa shape index (κ2) is 42.1. The smallest absolute Gasteiger partial charge is 0.462 e. The Labute approximate surface area is 387 Å². The molecule has 0 aromatic carbocycles. The molecule has 15 nitrogen and oxygen atoms in total. The quantitative estimate of drug-likeness (QED) is 0.0110. The van der Waals surface area contributed by atoms with Gasteiger partial charge in [0.2, 0.25) is 0 Å². The van der Waals surface area contributed by atoms with E-state index in [9.17, 15) is 38.9 Å². The lowest BCUT2D eigenvalue weighted by atomic mass is 10.1. The Bertz CT molecular complexity index is 1590. The van der Waals surface area contributed by atoms with E-state index in [0.29, 0.717) is 19.3 Å². The Morgan fingerprint density at radius 1 is 0.508 bits per heavy atom. The van der Waals surface area contributed by atoms with Crippen LogP contribution in [0.1, 0.15) is 129 Å². The SMILES string of the molecule is CCCCC/C=C\C/C=C\C/C=C\C/C=C\C/C=C\CCC(=O)O[C@H](COC(=O)CCC[C@@H](O)/C=C/C=C\C/C=C\C=C\[C@@H](O)CCCCC)COP(=O)(O)OC[C@@H](O)COP(=O)(O)O. The molecule has 0 aromatic heterocycles. The van der Waals surface area contributed by atoms with Crippen LogP contribution in [0.15, 0.2) is 109 Å². The number of rotatable bonds is 41. The van der Waals surface area contributed by atoms with Crippen LogP contribution in [-0.4, -0.2) is 92.8 Å². The summed E-state index contributed by atoms with van der Waals surface area (Å²) in [6.45, 7) is 1.27. The number of ether oxygens (including phenoxy) is 2. The van der Waals surface area contributed by atoms with Crippen molar-refractivity contribution >= 4 is 27.6 Å². The number of phosphoric ester groups is 2. The van der Waals surface area contributed by atoms with E-state index in [1.807, 2.05) is 48.6 Å². The molecule has 0 fully saturated rings. The van der Waals surface area contributed by atoms with Crippen molar-refractivity contribution in [1.29, 1.82) is 0 Å². The molecule has 5 atom stereocenters. The molecular weight excluding hydrogens is 878 g/mol. The topological polar surface area (TPSA) is 236 Å². The first-order valence-electron chi connectivity index (χ1n) is 22.8. The van der Waals surface area contributed by atoms with Crippen LogP contribution in [0, 0.1) is 0 Å². The summed E-state index contributed by atoms with van der Waals surface area (Å²) in [5, 5.41) is 29.9. The highest BCUT2D eigenvalue weighted by Gasteiger charge is 2.28. The zero-order chi connectivity index (χ0) is 48.3. The predicted octanol–water partition coefficient (Wildman–Crippen LogP) is 9.83. The van der Waals surface area contributed by atoms with Gasteiger partial charge in [0.15, 0.2) is 6.10 Å². The summed E-state index contributed by atoms with van der Waals surface area (Å²) >= 11 is 0. The van der Waals surface area contributed by atoms with Gasteiger partial charge in [0.1, 0.15) is 12.7 Å². The monoisotopic (exact) mass is 956 g/mol. The fourth-order valence-electron chi connectivity index (χ4n) is 5.31. The first-order valence-corrected chi connectivity index (χ1v) is 25.8. The van der Waals surface area contributed by atoms with Gasteiger partial charge in [0, 0.05) is 12.8 Å². The van der Waals surface area contributed by atoms with Crippen LogP contribution >= 0.6 is 15.6 Å². The fraction of sp³-hybridized carbons (Fsp3) is 0.583. The van der Waals surface area contributed by atoms with E-state index in [1.54, 1.807) is 24.3 Å². The first kappa shape index (κ1) is 61.7. The van der Waals surface area contributed by atoms with Crippen molar-refractivity contribution in [2.45, 2.75) is 154 Å². The van der Waals surface area contributed by atoms with Crippen LogP contribution in [-0.2, 0) is 41.8 Å². The number of phosphoric acid groups is 2. The van der Waals surface area contributed by atoms with Gasteiger partial charge in [-0.1, -0.05) is 155 Å². The molecule has 0 amide bonds. The average Bonchev–Trinajstić information content (AvgIpc) is 3.26. The van der Waals surface area contributed by atoms with Gasteiger partial charge in [-0.3, -0.25) is 23.2 Å². The van der Waals surface area contributed by atoms with Crippen LogP contribution in [0.3, 0.4) is 0 Å². The van der Waals surface area contributed by atoms with Crippen LogP contribution in [0.2, 0.25) is 0 Å². The highest BCUT2D eigenvalue weighted by atomic mass is 31.2. The molecule has 0 aromatic rings. The number of esters is 2. The molecule has 0 saturated heterocycles. The molecular formula is C48H78O15P2. The van der Waals surface area contributed by atoms with Crippen LogP contribution in [0.25, 0.3) is 0 Å². The van der Waals surface area contributed by atoms with E-state index in [2.05, 4.69) is 59.4 Å². The lowest BCUT2D eigenvalue weighted by Gasteiger charge is -2.20. The minimum absolute atomic E-state index is 0.0481. The standard InChI is InChI=1S/C48H78O15P2/c1-3-5-7-8-9-10-11-12-13-14-15-16-17-18-19-20-24-27-31-37-48(53)63-46(42-62-65(57,58)61-40-45(51)39-60-64(54,55)56)41-59-47(52)38-32-36-44(50)35-30-26-23-21-22-25-29-34-43(49)33-28-6-4-2/h9-10,12-13,15-16,18-19,22-27,29-30,34-35,43-46,49-51H,3-8,11,14,17,20-21,28,31-33,36-42H2,1-2H3,(H,57,58)(H2,54,55,56)/b10-9-,13-12-,16-15-,19-18-,25-22-,26-23-,27-24-,34-29+,35-30+/t43-,44-,45-,46+/m0/s1. The van der Waals surface area contributed by atoms with Crippen molar-refractivity contribution in [2.24, 2.45) is 0 Å². The summed E-state index contributed by atoms with van der Waals surface area (Å²) in [5.74, 6) is -1.37. The second-order valence-corrected chi connectivity index (χ2v) is 17.7. The number of carbonyl (C=O) groups is 2. The number of aliphatic hydroxyl groups excluding tert-OH is 3. The predicted molar refractivity (Wildman–Crippen MR) is 255 cm³/mol. The summed E-state index contributed by atoms with van der Waals surface area (Å²) in [7, 11) is -9.79. The van der Waals surface area contributed by atoms with E-state index < -0.39 is 78.4 Å². The molecule has 0 heterocycles. The van der Waals surface area contributed by atoms with Gasteiger partial charge < -0.3 is 39.5 Å². The summed E-state index contributed by atoms with van der Waals surface area (Å²) in [6, 6.07) is 0. The molecule has 17 heteroatoms.